The average molecular weight is 485 g/mol. The Bertz CT molecular complexity index is 1610. The Morgan fingerprint density at radius 2 is 1.81 bits per heavy atom. The van der Waals surface area contributed by atoms with E-state index in [1.165, 1.54) is 10.5 Å². The fraction of sp³-hybridized carbons (Fsp3) is 0.321. The normalized spacial score (nSPS) is 14.9. The molecule has 0 spiro atoms. The first-order valence-electron chi connectivity index (χ1n) is 12.4. The van der Waals surface area contributed by atoms with Gasteiger partial charge in [0.1, 0.15) is 16.9 Å². The predicted molar refractivity (Wildman–Crippen MR) is 136 cm³/mol. The van der Waals surface area contributed by atoms with E-state index in [-0.39, 0.29) is 34.6 Å². The second-order valence-electron chi connectivity index (χ2n) is 9.08. The van der Waals surface area contributed by atoms with E-state index in [9.17, 15) is 14.4 Å². The Morgan fingerprint density at radius 1 is 1.06 bits per heavy atom. The van der Waals surface area contributed by atoms with Crippen LogP contribution in [0.3, 0.4) is 0 Å². The lowest BCUT2D eigenvalue weighted by molar-refractivity contribution is 0.0523. The number of hydrogen-bond acceptors (Lipinski definition) is 5. The molecule has 3 aromatic heterocycles. The number of esters is 1. The molecule has 1 aliphatic rings. The number of nitrogens with zero attached hydrogens (tertiary/aromatic N) is 4. The molecule has 184 valence electrons. The van der Waals surface area contributed by atoms with Crippen LogP contribution >= 0.6 is 0 Å². The van der Waals surface area contributed by atoms with Crippen LogP contribution in [-0.2, 0) is 4.74 Å². The first-order chi connectivity index (χ1) is 17.5. The zero-order valence-electron chi connectivity index (χ0n) is 20.4. The molecule has 1 saturated carbocycles. The summed E-state index contributed by atoms with van der Waals surface area (Å²) in [7, 11) is 0. The second kappa shape index (κ2) is 9.89. The van der Waals surface area contributed by atoms with Crippen molar-refractivity contribution in [3.63, 3.8) is 0 Å². The zero-order valence-corrected chi connectivity index (χ0v) is 20.4. The predicted octanol–water partition coefficient (Wildman–Crippen LogP) is 4.38. The van der Waals surface area contributed by atoms with E-state index in [1.54, 1.807) is 37.4 Å². The van der Waals surface area contributed by atoms with E-state index in [0.29, 0.717) is 16.9 Å². The van der Waals surface area contributed by atoms with E-state index in [2.05, 4.69) is 4.99 Å². The Hall–Kier alpha value is -4.07. The van der Waals surface area contributed by atoms with Gasteiger partial charge in [0.05, 0.1) is 12.0 Å². The van der Waals surface area contributed by atoms with Gasteiger partial charge in [-0.3, -0.25) is 14.0 Å². The van der Waals surface area contributed by atoms with Crippen LogP contribution in [0.5, 0.6) is 0 Å². The minimum Gasteiger partial charge on any atom is -0.462 e. The SMILES string of the molecule is CCOC(=O)c1cc2c(=O)n3ccccc3nc2n(C2CCCCC2)c1=NC(=O)c1ccccc1C. The van der Waals surface area contributed by atoms with Gasteiger partial charge in [0, 0.05) is 17.8 Å². The molecule has 0 saturated heterocycles. The van der Waals surface area contributed by atoms with Crippen LogP contribution in [0.15, 0.2) is 64.5 Å². The number of rotatable bonds is 4. The maximum absolute atomic E-state index is 13.5. The number of benzene rings is 1. The Labute approximate surface area is 207 Å². The molecule has 0 N–H and O–H groups in total. The highest BCUT2D eigenvalue weighted by molar-refractivity contribution is 5.98. The fourth-order valence-electron chi connectivity index (χ4n) is 4.97. The smallest absolute Gasteiger partial charge is 0.341 e. The number of aryl methyl sites for hydroxylation is 1. The number of fused-ring (bicyclic) bond motifs is 2. The van der Waals surface area contributed by atoms with Crippen LogP contribution in [0.4, 0.5) is 0 Å². The number of ether oxygens (including phenoxy) is 1. The van der Waals surface area contributed by atoms with Crippen molar-refractivity contribution in [1.82, 2.24) is 14.0 Å². The number of hydrogen-bond donors (Lipinski definition) is 0. The number of amides is 1. The molecule has 1 aliphatic carbocycles. The summed E-state index contributed by atoms with van der Waals surface area (Å²) in [5, 5.41) is 0.287. The molecule has 5 rings (SSSR count). The van der Waals surface area contributed by atoms with Crippen LogP contribution < -0.4 is 11.0 Å². The molecule has 0 aliphatic heterocycles. The van der Waals surface area contributed by atoms with Crippen LogP contribution in [0.1, 0.15) is 71.3 Å². The maximum atomic E-state index is 13.5. The first-order valence-corrected chi connectivity index (χ1v) is 12.4. The molecule has 0 unspecified atom stereocenters. The van der Waals surface area contributed by atoms with Crippen molar-refractivity contribution in [1.29, 1.82) is 0 Å². The van der Waals surface area contributed by atoms with Crippen molar-refractivity contribution in [3.8, 4) is 0 Å². The lowest BCUT2D eigenvalue weighted by Gasteiger charge is -2.27. The van der Waals surface area contributed by atoms with Crippen molar-refractivity contribution < 1.29 is 14.3 Å². The van der Waals surface area contributed by atoms with Crippen LogP contribution in [-0.4, -0.2) is 32.4 Å². The lowest BCUT2D eigenvalue weighted by Crippen LogP contribution is -2.35. The van der Waals surface area contributed by atoms with Gasteiger partial charge in [-0.2, -0.15) is 4.99 Å². The third-order valence-corrected chi connectivity index (χ3v) is 6.75. The summed E-state index contributed by atoms with van der Waals surface area (Å²) in [6.07, 6.45) is 6.44. The molecule has 4 aromatic rings. The summed E-state index contributed by atoms with van der Waals surface area (Å²) in [6.45, 7) is 3.72. The third kappa shape index (κ3) is 4.23. The highest BCUT2D eigenvalue weighted by Crippen LogP contribution is 2.29. The van der Waals surface area contributed by atoms with Gasteiger partial charge in [-0.05, 0) is 56.5 Å². The molecule has 0 bridgehead atoms. The molecule has 8 nitrogen and oxygen atoms in total. The van der Waals surface area contributed by atoms with Crippen molar-refractivity contribution in [2.45, 2.75) is 52.0 Å². The van der Waals surface area contributed by atoms with Gasteiger partial charge in [0.25, 0.3) is 11.5 Å². The van der Waals surface area contributed by atoms with Gasteiger partial charge in [-0.1, -0.05) is 43.5 Å². The van der Waals surface area contributed by atoms with Crippen molar-refractivity contribution in [2.24, 2.45) is 4.99 Å². The second-order valence-corrected chi connectivity index (χ2v) is 9.08. The third-order valence-electron chi connectivity index (χ3n) is 6.75. The Kier molecular flexibility index (Phi) is 6.50. The van der Waals surface area contributed by atoms with Gasteiger partial charge in [0.2, 0.25) is 0 Å². The van der Waals surface area contributed by atoms with E-state index in [1.807, 2.05) is 29.7 Å². The lowest BCUT2D eigenvalue weighted by atomic mass is 9.94. The Morgan fingerprint density at radius 3 is 2.56 bits per heavy atom. The molecule has 1 aromatic carbocycles. The van der Waals surface area contributed by atoms with Gasteiger partial charge < -0.3 is 9.30 Å². The fourth-order valence-corrected chi connectivity index (χ4v) is 4.97. The summed E-state index contributed by atoms with van der Waals surface area (Å²) in [4.78, 5) is 49.4. The van der Waals surface area contributed by atoms with Crippen LogP contribution in [0.2, 0.25) is 0 Å². The molecular formula is C28H28N4O4. The highest BCUT2D eigenvalue weighted by Gasteiger charge is 2.25. The number of carbonyl (C=O) groups excluding carboxylic acids is 2. The summed E-state index contributed by atoms with van der Waals surface area (Å²) >= 11 is 0. The maximum Gasteiger partial charge on any atom is 0.341 e. The summed E-state index contributed by atoms with van der Waals surface area (Å²) in [6, 6.07) is 14.0. The van der Waals surface area contributed by atoms with Crippen molar-refractivity contribution in [2.75, 3.05) is 6.61 Å². The van der Waals surface area contributed by atoms with Gasteiger partial charge in [-0.25, -0.2) is 9.78 Å². The Balaban J connectivity index is 1.91. The van der Waals surface area contributed by atoms with E-state index in [0.717, 1.165) is 37.7 Å². The minimum absolute atomic E-state index is 0.0582. The summed E-state index contributed by atoms with van der Waals surface area (Å²) in [5.41, 5.74) is 2.13. The first kappa shape index (κ1) is 23.7. The zero-order chi connectivity index (χ0) is 25.2. The average Bonchev–Trinajstić information content (AvgIpc) is 2.89. The topological polar surface area (TPSA) is 95.0 Å². The van der Waals surface area contributed by atoms with Gasteiger partial charge in [-0.15, -0.1) is 0 Å². The highest BCUT2D eigenvalue weighted by atomic mass is 16.5. The van der Waals surface area contributed by atoms with Crippen LogP contribution in [0.25, 0.3) is 16.7 Å². The molecule has 1 fully saturated rings. The summed E-state index contributed by atoms with van der Waals surface area (Å²) < 4.78 is 8.64. The van der Waals surface area contributed by atoms with Gasteiger partial charge in [0.15, 0.2) is 5.49 Å². The van der Waals surface area contributed by atoms with Crippen LogP contribution in [0, 0.1) is 6.92 Å². The largest absolute Gasteiger partial charge is 0.462 e. The van der Waals surface area contributed by atoms with Gasteiger partial charge >= 0.3 is 5.97 Å². The molecule has 1 amide bonds. The molecule has 8 heteroatoms. The number of aromatic nitrogens is 3. The molecular weight excluding hydrogens is 456 g/mol. The minimum atomic E-state index is -0.627. The molecule has 3 heterocycles. The number of carbonyl (C=O) groups is 2. The molecule has 36 heavy (non-hydrogen) atoms. The quantitative estimate of drug-likeness (QED) is 0.316. The van der Waals surface area contributed by atoms with E-state index in [4.69, 9.17) is 9.72 Å². The van der Waals surface area contributed by atoms with Crippen molar-refractivity contribution >= 4 is 28.6 Å². The standard InChI is InChI=1S/C28H28N4O4/c1-3-36-28(35)22-17-21-24(29-23-15-9-10-16-31(23)27(21)34)32(19-12-5-4-6-13-19)25(22)30-26(33)20-14-8-7-11-18(20)2/h7-11,14-17,19H,3-6,12-13H2,1-2H3. The summed E-state index contributed by atoms with van der Waals surface area (Å²) in [5.74, 6) is -1.09. The molecule has 0 atom stereocenters. The van der Waals surface area contributed by atoms with E-state index < -0.39 is 11.9 Å². The monoisotopic (exact) mass is 484 g/mol. The number of pyridine rings is 2. The molecule has 0 radical (unpaired) electrons. The van der Waals surface area contributed by atoms with E-state index >= 15 is 0 Å². The van der Waals surface area contributed by atoms with Crippen molar-refractivity contribution in [3.05, 3.63) is 87.3 Å².